The molecule has 0 N–H and O–H groups in total. The van der Waals surface area contributed by atoms with E-state index in [1.54, 1.807) is 17.8 Å². The van der Waals surface area contributed by atoms with E-state index in [9.17, 15) is 25.0 Å². The molecule has 0 saturated heterocycles. The Bertz CT molecular complexity index is 799. The number of ketones is 1. The highest BCUT2D eigenvalue weighted by molar-refractivity contribution is 5.95. The van der Waals surface area contributed by atoms with Gasteiger partial charge in [0.1, 0.15) is 0 Å². The van der Waals surface area contributed by atoms with E-state index in [0.29, 0.717) is 12.0 Å². The summed E-state index contributed by atoms with van der Waals surface area (Å²) in [5.74, 6) is -0.421. The highest BCUT2D eigenvalue weighted by Crippen LogP contribution is 2.28. The predicted octanol–water partition coefficient (Wildman–Crippen LogP) is 2.69. The van der Waals surface area contributed by atoms with Crippen molar-refractivity contribution in [2.75, 3.05) is 0 Å². The highest BCUT2D eigenvalue weighted by atomic mass is 16.6. The van der Waals surface area contributed by atoms with Crippen LogP contribution < -0.4 is 0 Å². The van der Waals surface area contributed by atoms with Crippen LogP contribution in [0.2, 0.25) is 0 Å². The van der Waals surface area contributed by atoms with Crippen molar-refractivity contribution >= 4 is 17.2 Å². The van der Waals surface area contributed by atoms with Gasteiger partial charge >= 0.3 is 0 Å². The predicted molar refractivity (Wildman–Crippen MR) is 84.8 cm³/mol. The number of rotatable bonds is 7. The second-order valence-electron chi connectivity index (χ2n) is 5.36. The van der Waals surface area contributed by atoms with Gasteiger partial charge in [0.05, 0.1) is 15.9 Å². The third kappa shape index (κ3) is 3.45. The van der Waals surface area contributed by atoms with Gasteiger partial charge in [-0.25, -0.2) is 4.98 Å². The molecule has 0 unspecified atom stereocenters. The zero-order valence-corrected chi connectivity index (χ0v) is 13.2. The molecule has 24 heavy (non-hydrogen) atoms. The zero-order chi connectivity index (χ0) is 17.9. The van der Waals surface area contributed by atoms with Gasteiger partial charge in [-0.1, -0.05) is 6.92 Å². The van der Waals surface area contributed by atoms with Crippen LogP contribution in [0.15, 0.2) is 30.6 Å². The molecule has 0 amide bonds. The van der Waals surface area contributed by atoms with Crippen molar-refractivity contribution in [1.82, 2.24) is 9.55 Å². The molecule has 0 aliphatic carbocycles. The number of carbonyl (C=O) groups is 1. The number of non-ortho nitro benzene ring substituents is 1. The van der Waals surface area contributed by atoms with Gasteiger partial charge in [0.15, 0.2) is 5.82 Å². The summed E-state index contributed by atoms with van der Waals surface area (Å²) < 4.78 is 1.59. The molecule has 0 bridgehead atoms. The number of nitro benzene ring substituents is 2. The molecular weight excluding hydrogens is 316 g/mol. The van der Waals surface area contributed by atoms with Gasteiger partial charge in [-0.2, -0.15) is 0 Å². The summed E-state index contributed by atoms with van der Waals surface area (Å²) in [5, 5.41) is 22.0. The molecule has 1 atom stereocenters. The molecule has 126 valence electrons. The number of Topliss-reactive ketones (excluding diaryl/α,β-unsaturated/α-hetero) is 1. The maximum Gasteiger partial charge on any atom is 0.279 e. The van der Waals surface area contributed by atoms with E-state index < -0.39 is 15.8 Å². The van der Waals surface area contributed by atoms with Crippen LogP contribution in [0.1, 0.15) is 29.5 Å². The van der Waals surface area contributed by atoms with E-state index >= 15 is 0 Å². The summed E-state index contributed by atoms with van der Waals surface area (Å²) >= 11 is 0. The molecule has 1 aromatic carbocycles. The molecule has 0 aliphatic rings. The molecule has 1 aromatic heterocycles. The first-order valence-electron chi connectivity index (χ1n) is 7.28. The smallest absolute Gasteiger partial charge is 0.279 e. The third-order valence-corrected chi connectivity index (χ3v) is 3.85. The first kappa shape index (κ1) is 17.3. The van der Waals surface area contributed by atoms with Gasteiger partial charge in [-0.15, -0.1) is 0 Å². The Hall–Kier alpha value is -3.10. The average molecular weight is 332 g/mol. The van der Waals surface area contributed by atoms with Crippen LogP contribution in [0.3, 0.4) is 0 Å². The van der Waals surface area contributed by atoms with Crippen LogP contribution in [0.25, 0.3) is 0 Å². The SMILES string of the molecule is CC[C@@H](Cc1ccc([N+](=O)[O-])cc1[N+](=O)[O-])C(=O)c1nccn1C. The van der Waals surface area contributed by atoms with Crippen LogP contribution in [0.5, 0.6) is 0 Å². The molecule has 0 fully saturated rings. The first-order chi connectivity index (χ1) is 11.3. The molecule has 0 spiro atoms. The van der Waals surface area contributed by atoms with E-state index in [4.69, 9.17) is 0 Å². The van der Waals surface area contributed by atoms with Gasteiger partial charge in [-0.05, 0) is 18.9 Å². The number of hydrogen-bond acceptors (Lipinski definition) is 6. The summed E-state index contributed by atoms with van der Waals surface area (Å²) in [6.07, 6.45) is 3.75. The molecule has 1 heterocycles. The topological polar surface area (TPSA) is 121 Å². The number of nitrogens with zero attached hydrogens (tertiary/aromatic N) is 4. The standard InChI is InChI=1S/C15H16N4O5/c1-3-10(14(20)15-16-6-7-17(15)2)8-11-4-5-12(18(21)22)9-13(11)19(23)24/h4-7,9-10H,3,8H2,1-2H3/t10-/m0/s1. The molecule has 2 aromatic rings. The third-order valence-electron chi connectivity index (χ3n) is 3.85. The summed E-state index contributed by atoms with van der Waals surface area (Å²) in [7, 11) is 1.70. The largest absolute Gasteiger partial charge is 0.332 e. The Balaban J connectivity index is 2.34. The molecular formula is C15H16N4O5. The molecule has 0 aliphatic heterocycles. The second-order valence-corrected chi connectivity index (χ2v) is 5.36. The molecule has 2 rings (SSSR count). The van der Waals surface area contributed by atoms with Gasteiger partial charge < -0.3 is 4.57 Å². The van der Waals surface area contributed by atoms with E-state index in [-0.39, 0.29) is 29.4 Å². The van der Waals surface area contributed by atoms with E-state index in [1.165, 1.54) is 18.3 Å². The van der Waals surface area contributed by atoms with E-state index in [1.807, 2.05) is 6.92 Å². The normalized spacial score (nSPS) is 11.9. The minimum Gasteiger partial charge on any atom is -0.332 e. The first-order valence-corrected chi connectivity index (χ1v) is 7.28. The number of benzene rings is 1. The van der Waals surface area contributed by atoms with Crippen molar-refractivity contribution in [3.63, 3.8) is 0 Å². The fourth-order valence-corrected chi connectivity index (χ4v) is 2.48. The molecule has 0 radical (unpaired) electrons. The molecule has 0 saturated carbocycles. The van der Waals surface area contributed by atoms with Crippen LogP contribution in [-0.4, -0.2) is 25.2 Å². The van der Waals surface area contributed by atoms with Gasteiger partial charge in [-0.3, -0.25) is 25.0 Å². The van der Waals surface area contributed by atoms with Crippen molar-refractivity contribution in [1.29, 1.82) is 0 Å². The number of aromatic nitrogens is 2. The van der Waals surface area contributed by atoms with Crippen molar-refractivity contribution in [2.24, 2.45) is 13.0 Å². The zero-order valence-electron chi connectivity index (χ0n) is 13.2. The Labute approximate surface area is 137 Å². The van der Waals surface area contributed by atoms with Crippen molar-refractivity contribution < 1.29 is 14.6 Å². The highest BCUT2D eigenvalue weighted by Gasteiger charge is 2.26. The maximum atomic E-state index is 12.6. The van der Waals surface area contributed by atoms with Gasteiger partial charge in [0.25, 0.3) is 11.4 Å². The molecule has 9 nitrogen and oxygen atoms in total. The second kappa shape index (κ2) is 6.99. The van der Waals surface area contributed by atoms with Crippen LogP contribution in [0.4, 0.5) is 11.4 Å². The van der Waals surface area contributed by atoms with Gasteiger partial charge in [0.2, 0.25) is 5.78 Å². The van der Waals surface area contributed by atoms with Crippen LogP contribution in [0, 0.1) is 26.1 Å². The maximum absolute atomic E-state index is 12.6. The van der Waals surface area contributed by atoms with Crippen molar-refractivity contribution in [3.8, 4) is 0 Å². The number of nitro groups is 2. The Morgan fingerprint density at radius 3 is 2.50 bits per heavy atom. The average Bonchev–Trinajstić information content (AvgIpc) is 2.97. The monoisotopic (exact) mass is 332 g/mol. The minimum atomic E-state index is -0.687. The summed E-state index contributed by atoms with van der Waals surface area (Å²) in [6.45, 7) is 1.81. The Kier molecular flexibility index (Phi) is 5.02. The lowest BCUT2D eigenvalue weighted by atomic mass is 9.91. The lowest BCUT2D eigenvalue weighted by molar-refractivity contribution is -0.394. The Morgan fingerprint density at radius 2 is 2.00 bits per heavy atom. The van der Waals surface area contributed by atoms with E-state index in [0.717, 1.165) is 6.07 Å². The minimum absolute atomic E-state index is 0.122. The number of imidazole rings is 1. The fraction of sp³-hybridized carbons (Fsp3) is 0.333. The van der Waals surface area contributed by atoms with Crippen molar-refractivity contribution in [2.45, 2.75) is 19.8 Å². The Morgan fingerprint density at radius 1 is 1.29 bits per heavy atom. The van der Waals surface area contributed by atoms with Crippen LogP contribution >= 0.6 is 0 Å². The molecule has 9 heteroatoms. The van der Waals surface area contributed by atoms with E-state index in [2.05, 4.69) is 4.98 Å². The summed E-state index contributed by atoms with van der Waals surface area (Å²) in [4.78, 5) is 37.2. The quantitative estimate of drug-likeness (QED) is 0.436. The lowest BCUT2D eigenvalue weighted by Crippen LogP contribution is -2.20. The van der Waals surface area contributed by atoms with Gasteiger partial charge in [0, 0.05) is 37.0 Å². The number of hydrogen-bond donors (Lipinski definition) is 0. The van der Waals surface area contributed by atoms with Crippen molar-refractivity contribution in [3.05, 3.63) is 62.2 Å². The lowest BCUT2D eigenvalue weighted by Gasteiger charge is -2.13. The summed E-state index contributed by atoms with van der Waals surface area (Å²) in [6, 6.07) is 3.47. The fourth-order valence-electron chi connectivity index (χ4n) is 2.48. The summed E-state index contributed by atoms with van der Waals surface area (Å²) in [5.41, 5.74) is -0.413. The number of aryl methyl sites for hydroxylation is 1. The van der Waals surface area contributed by atoms with Crippen LogP contribution in [-0.2, 0) is 13.5 Å². The number of carbonyl (C=O) groups excluding carboxylic acids is 1.